The molecule has 4 aromatic carbocycles. The van der Waals surface area contributed by atoms with Crippen LogP contribution in [0.2, 0.25) is 5.02 Å². The molecule has 0 aliphatic heterocycles. The molecule has 1 aliphatic carbocycles. The Morgan fingerprint density at radius 3 is 2.00 bits per heavy atom. The van der Waals surface area contributed by atoms with E-state index in [2.05, 4.69) is 45.7 Å². The van der Waals surface area contributed by atoms with Gasteiger partial charge in [-0.25, -0.2) is 9.98 Å². The second kappa shape index (κ2) is 16.0. The highest BCUT2D eigenvalue weighted by molar-refractivity contribution is 7.91. The molecule has 1 heterocycles. The van der Waals surface area contributed by atoms with Crippen molar-refractivity contribution in [1.29, 1.82) is 0 Å². The maximum Gasteiger partial charge on any atom is 0.296 e. The highest BCUT2D eigenvalue weighted by Crippen LogP contribution is 2.41. The summed E-state index contributed by atoms with van der Waals surface area (Å²) in [5, 5.41) is 11.4. The quantitative estimate of drug-likeness (QED) is 0.0429. The van der Waals surface area contributed by atoms with Crippen molar-refractivity contribution in [1.82, 2.24) is 15.0 Å². The predicted molar refractivity (Wildman–Crippen MR) is 207 cm³/mol. The first-order valence-corrected chi connectivity index (χ1v) is 21.9. The number of H-pyrrole nitrogens is 2. The molecule has 0 spiro atoms. The molecule has 1 aromatic heterocycles. The van der Waals surface area contributed by atoms with Gasteiger partial charge in [-0.3, -0.25) is 38.4 Å². The number of anilines is 2. The zero-order valence-electron chi connectivity index (χ0n) is 29.1. The van der Waals surface area contributed by atoms with E-state index in [-0.39, 0.29) is 28.3 Å². The fourth-order valence-electron chi connectivity index (χ4n) is 5.20. The number of nitrogens with zero attached hydrogens (tertiary/aromatic N) is 6. The number of fused-ring (bicyclic) bond motifs is 1. The van der Waals surface area contributed by atoms with Gasteiger partial charge in [0.2, 0.25) is 17.0 Å². The smallest absolute Gasteiger partial charge is 0.296 e. The molecule has 29 heteroatoms. The number of hydrogen-bond acceptors (Lipinski definition) is 17. The summed E-state index contributed by atoms with van der Waals surface area (Å²) in [7, 11) is -20.5. The Bertz CT molecular complexity index is 3350. The summed E-state index contributed by atoms with van der Waals surface area (Å²) in [4.78, 5) is 26.6. The first kappa shape index (κ1) is 43.2. The van der Waals surface area contributed by atoms with Crippen molar-refractivity contribution in [3.05, 3.63) is 111 Å². The van der Waals surface area contributed by atoms with Gasteiger partial charge in [-0.2, -0.15) is 53.3 Å². The predicted octanol–water partition coefficient (Wildman–Crippen LogP) is 3.63. The zero-order chi connectivity index (χ0) is 43.9. The molecule has 60 heavy (non-hydrogen) atoms. The van der Waals surface area contributed by atoms with Crippen LogP contribution in [-0.4, -0.2) is 78.3 Å². The van der Waals surface area contributed by atoms with Crippen molar-refractivity contribution in [2.75, 3.05) is 11.2 Å². The Kier molecular flexibility index (Phi) is 11.5. The Morgan fingerprint density at radius 2 is 1.38 bits per heavy atom. The Hall–Kier alpha value is -6.37. The lowest BCUT2D eigenvalue weighted by Gasteiger charge is -2.20. The number of halogens is 2. The highest BCUT2D eigenvalue weighted by atomic mass is 35.5. The van der Waals surface area contributed by atoms with Gasteiger partial charge >= 0.3 is 0 Å². The van der Waals surface area contributed by atoms with Crippen molar-refractivity contribution in [3.8, 4) is 0 Å². The van der Waals surface area contributed by atoms with E-state index in [0.29, 0.717) is 17.2 Å². The fourth-order valence-corrected chi connectivity index (χ4v) is 7.81. The molecule has 312 valence electrons. The van der Waals surface area contributed by atoms with Crippen LogP contribution in [0.5, 0.6) is 0 Å². The van der Waals surface area contributed by atoms with Gasteiger partial charge < -0.3 is 5.73 Å². The third-order valence-corrected chi connectivity index (χ3v) is 11.5. The van der Waals surface area contributed by atoms with E-state index in [4.69, 9.17) is 17.3 Å². The van der Waals surface area contributed by atoms with E-state index in [1.54, 1.807) is 12.1 Å². The SMILES string of the molecule is Nc1c(N=Nc2ccc(S(=O)(=O)O)cc2)c(S(=O)(=O)O)cc2c1C(=O)/C(=N\Nc1cc(N=c3[nH]c(F)nc(=Nc4cccc(Cl)c4)[nH]3)ccc1S(=O)(=O)O)C(S(=O)(=O)O)=C2. The van der Waals surface area contributed by atoms with Crippen LogP contribution in [0.15, 0.2) is 118 Å². The lowest BCUT2D eigenvalue weighted by Crippen LogP contribution is -2.28. The van der Waals surface area contributed by atoms with Gasteiger partial charge in [0.25, 0.3) is 46.6 Å². The molecule has 0 saturated carbocycles. The number of aromatic nitrogens is 3. The number of nitrogens with two attached hydrogens (primary N) is 1. The first-order chi connectivity index (χ1) is 27.9. The number of ketones is 1. The second-order valence-corrected chi connectivity index (χ2v) is 17.8. The van der Waals surface area contributed by atoms with Crippen LogP contribution < -0.4 is 22.4 Å². The van der Waals surface area contributed by atoms with Crippen LogP contribution in [0.3, 0.4) is 0 Å². The number of rotatable bonds is 10. The summed E-state index contributed by atoms with van der Waals surface area (Å²) in [5.74, 6) is -1.46. The van der Waals surface area contributed by atoms with Crippen LogP contribution in [0, 0.1) is 6.08 Å². The summed E-state index contributed by atoms with van der Waals surface area (Å²) in [5.41, 5.74) is 2.61. The maximum atomic E-state index is 14.4. The molecule has 23 nitrogen and oxygen atoms in total. The van der Waals surface area contributed by atoms with Crippen molar-refractivity contribution in [3.63, 3.8) is 0 Å². The normalized spacial score (nSPS) is 15.1. The number of Topliss-reactive ketones (excluding diaryl/α,β-unsaturated/α-hetero) is 1. The van der Waals surface area contributed by atoms with Gasteiger partial charge in [-0.15, -0.1) is 5.11 Å². The van der Waals surface area contributed by atoms with E-state index >= 15 is 0 Å². The van der Waals surface area contributed by atoms with E-state index in [1.165, 1.54) is 12.1 Å². The van der Waals surface area contributed by atoms with Crippen LogP contribution in [-0.2, 0) is 40.5 Å². The second-order valence-electron chi connectivity index (χ2n) is 11.8. The zero-order valence-corrected chi connectivity index (χ0v) is 33.1. The number of allylic oxidation sites excluding steroid dienone is 1. The maximum absolute atomic E-state index is 14.4. The molecule has 0 unspecified atom stereocenters. The number of carbonyl (C=O) groups is 1. The Balaban J connectivity index is 1.46. The molecule has 6 rings (SSSR count). The summed E-state index contributed by atoms with van der Waals surface area (Å²) < 4.78 is 151. The van der Waals surface area contributed by atoms with Crippen molar-refractivity contribution >= 4 is 104 Å². The number of nitrogen functional groups attached to an aromatic ring is 1. The van der Waals surface area contributed by atoms with E-state index in [1.807, 2.05) is 0 Å². The molecule has 0 atom stereocenters. The largest absolute Gasteiger partial charge is 0.396 e. The molecule has 0 radical (unpaired) electrons. The lowest BCUT2D eigenvalue weighted by atomic mass is 9.92. The molecule has 0 fully saturated rings. The van der Waals surface area contributed by atoms with E-state index in [9.17, 15) is 61.1 Å². The number of hydrogen-bond donors (Lipinski definition) is 8. The number of nitrogens with one attached hydrogen (secondary N) is 3. The standard InChI is InChI=1S/C31H22ClFN10O13S4/c32-15-2-1-3-17(12-15)35-30-37-29(33)38-31(39-30)36-18-6-9-21(58(48,49)50)20(13-18)41-43-27-23(60(54,55)56)11-14-10-22(59(51,52)53)26(25(34)24(14)28(27)44)42-40-16-4-7-19(8-5-16)57(45,46)47/h1-13,41H,34H2,(H,45,46,47)(H,48,49,50)(H,51,52,53)(H,54,55,56)(H2,35,36,37,38,39)/b42-40?,43-27-. The van der Waals surface area contributed by atoms with Gasteiger partial charge in [0.15, 0.2) is 5.71 Å². The van der Waals surface area contributed by atoms with Crippen molar-refractivity contribution in [2.24, 2.45) is 25.3 Å². The molecule has 5 aromatic rings. The topological polar surface area (TPSA) is 379 Å². The van der Waals surface area contributed by atoms with Crippen LogP contribution in [0.25, 0.3) is 6.08 Å². The van der Waals surface area contributed by atoms with Gasteiger partial charge in [0.05, 0.1) is 38.9 Å². The third-order valence-electron chi connectivity index (χ3n) is 7.72. The number of carbonyl (C=O) groups excluding carboxylic acids is 1. The molecule has 9 N–H and O–H groups in total. The van der Waals surface area contributed by atoms with Crippen LogP contribution in [0.1, 0.15) is 15.9 Å². The minimum atomic E-state index is -5.45. The van der Waals surface area contributed by atoms with Crippen LogP contribution in [0.4, 0.5) is 38.5 Å². The number of azo groups is 1. The fraction of sp³-hybridized carbons (Fsp3) is 0. The van der Waals surface area contributed by atoms with Crippen LogP contribution >= 0.6 is 11.6 Å². The van der Waals surface area contributed by atoms with Gasteiger partial charge in [-0.05, 0) is 78.4 Å². The van der Waals surface area contributed by atoms with Gasteiger partial charge in [0, 0.05) is 5.02 Å². The Labute approximate surface area is 340 Å². The number of aromatic amines is 2. The summed E-state index contributed by atoms with van der Waals surface area (Å²) in [6, 6.07) is 13.3. The van der Waals surface area contributed by atoms with E-state index in [0.717, 1.165) is 42.5 Å². The lowest BCUT2D eigenvalue weighted by molar-refractivity contribution is 0.106. The minimum Gasteiger partial charge on any atom is -0.396 e. The van der Waals surface area contributed by atoms with Gasteiger partial charge in [0.1, 0.15) is 20.4 Å². The minimum absolute atomic E-state index is 0.159. The van der Waals surface area contributed by atoms with Gasteiger partial charge in [-0.1, -0.05) is 17.7 Å². The van der Waals surface area contributed by atoms with E-state index < -0.39 is 106 Å². The Morgan fingerprint density at radius 1 is 0.733 bits per heavy atom. The monoisotopic (exact) mass is 924 g/mol. The third kappa shape index (κ3) is 9.73. The molecule has 0 amide bonds. The summed E-state index contributed by atoms with van der Waals surface area (Å²) >= 11 is 5.97. The molecular formula is C31H22ClFN10O13S4. The molecule has 1 aliphatic rings. The van der Waals surface area contributed by atoms with Crippen molar-refractivity contribution in [2.45, 2.75) is 14.7 Å². The summed E-state index contributed by atoms with van der Waals surface area (Å²) in [6.07, 6.45) is -0.632. The summed E-state index contributed by atoms with van der Waals surface area (Å²) in [6.45, 7) is 0. The molecule has 0 saturated heterocycles. The highest BCUT2D eigenvalue weighted by Gasteiger charge is 2.37. The number of hydrazone groups is 1. The molecular weight excluding hydrogens is 903 g/mol. The molecule has 0 bridgehead atoms. The number of benzene rings is 4. The van der Waals surface area contributed by atoms with Crippen molar-refractivity contribution < 1.29 is 61.1 Å². The average Bonchev–Trinajstić information content (AvgIpc) is 3.12. The first-order valence-electron chi connectivity index (χ1n) is 15.7. The average molecular weight is 925 g/mol.